The predicted molar refractivity (Wildman–Crippen MR) is 116 cm³/mol. The Bertz CT molecular complexity index is 954. The molecule has 2 amide bonds. The minimum absolute atomic E-state index is 0.0257. The number of imide groups is 1. The van der Waals surface area contributed by atoms with E-state index in [9.17, 15) is 14.4 Å². The molecular formula is C21H29N4O4S+. The lowest BCUT2D eigenvalue weighted by molar-refractivity contribution is -0.908. The van der Waals surface area contributed by atoms with Crippen molar-refractivity contribution in [1.29, 1.82) is 0 Å². The Morgan fingerprint density at radius 2 is 2.00 bits per heavy atom. The van der Waals surface area contributed by atoms with Crippen molar-refractivity contribution >= 4 is 34.5 Å². The molecule has 1 aromatic carbocycles. The molecule has 1 aromatic heterocycles. The maximum Gasteiger partial charge on any atom is 0.262 e. The summed E-state index contributed by atoms with van der Waals surface area (Å²) in [4.78, 5) is 43.0. The molecule has 0 atom stereocenters. The fourth-order valence-corrected chi connectivity index (χ4v) is 4.13. The second-order valence-electron chi connectivity index (χ2n) is 7.69. The molecule has 1 fully saturated rings. The number of fused-ring (bicyclic) bond motifs is 1. The normalized spacial score (nSPS) is 14.9. The van der Waals surface area contributed by atoms with Crippen LogP contribution in [-0.2, 0) is 20.9 Å². The van der Waals surface area contributed by atoms with Crippen molar-refractivity contribution in [1.82, 2.24) is 14.9 Å². The summed E-state index contributed by atoms with van der Waals surface area (Å²) in [5.41, 5.74) is 0.512. The lowest BCUT2D eigenvalue weighted by Gasteiger charge is -2.24. The van der Waals surface area contributed by atoms with E-state index in [1.54, 1.807) is 30.5 Å². The zero-order valence-electron chi connectivity index (χ0n) is 17.5. The standard InChI is InChI=1S/C21H28N4O4S/c1-15(2)19(27)23-18(26)14-30-21-22-17-7-4-3-6-16(17)20(28)25(21)9-5-8-24-10-12-29-13-11-24/h3-4,6-7,15H,5,8-14H2,1-2H3,(H,23,26,27)/p+1. The number of quaternary nitrogens is 1. The largest absolute Gasteiger partial charge is 0.370 e. The van der Waals surface area contributed by atoms with Crippen LogP contribution in [0.5, 0.6) is 0 Å². The number of benzene rings is 1. The molecule has 30 heavy (non-hydrogen) atoms. The number of nitrogens with one attached hydrogen (secondary N) is 2. The third-order valence-electron chi connectivity index (χ3n) is 5.06. The molecule has 2 heterocycles. The monoisotopic (exact) mass is 433 g/mol. The van der Waals surface area contributed by atoms with E-state index in [4.69, 9.17) is 4.74 Å². The molecule has 162 valence electrons. The SMILES string of the molecule is CC(C)C(=O)NC(=O)CSc1nc2ccccc2c(=O)n1CCC[NH+]1CCOCC1. The molecule has 2 aromatic rings. The fourth-order valence-electron chi connectivity index (χ4n) is 3.30. The molecule has 1 aliphatic heterocycles. The summed E-state index contributed by atoms with van der Waals surface area (Å²) in [6, 6.07) is 7.23. The minimum atomic E-state index is -0.384. The van der Waals surface area contributed by atoms with Crippen molar-refractivity contribution in [3.05, 3.63) is 34.6 Å². The highest BCUT2D eigenvalue weighted by atomic mass is 32.2. The van der Waals surface area contributed by atoms with Gasteiger partial charge >= 0.3 is 0 Å². The number of morpholine rings is 1. The van der Waals surface area contributed by atoms with Gasteiger partial charge in [0.05, 0.1) is 36.4 Å². The van der Waals surface area contributed by atoms with Crippen LogP contribution in [0.15, 0.2) is 34.2 Å². The maximum atomic E-state index is 13.1. The smallest absolute Gasteiger partial charge is 0.262 e. The number of para-hydroxylation sites is 1. The van der Waals surface area contributed by atoms with Crippen LogP contribution in [0.1, 0.15) is 20.3 Å². The Kier molecular flexibility index (Phi) is 8.01. The van der Waals surface area contributed by atoms with Gasteiger partial charge in [-0.15, -0.1) is 0 Å². The van der Waals surface area contributed by atoms with Gasteiger partial charge in [-0.1, -0.05) is 37.7 Å². The van der Waals surface area contributed by atoms with Crippen LogP contribution in [0.2, 0.25) is 0 Å². The van der Waals surface area contributed by atoms with Crippen LogP contribution in [0, 0.1) is 5.92 Å². The summed E-state index contributed by atoms with van der Waals surface area (Å²) < 4.78 is 7.05. The second-order valence-corrected chi connectivity index (χ2v) is 8.63. The van der Waals surface area contributed by atoms with E-state index in [0.29, 0.717) is 22.6 Å². The quantitative estimate of drug-likeness (QED) is 0.453. The van der Waals surface area contributed by atoms with Crippen molar-refractivity contribution in [2.75, 3.05) is 38.6 Å². The molecule has 9 heteroatoms. The number of carbonyl (C=O) groups is 2. The zero-order chi connectivity index (χ0) is 21.5. The molecule has 1 aliphatic rings. The molecule has 0 aliphatic carbocycles. The van der Waals surface area contributed by atoms with E-state index in [1.807, 2.05) is 12.1 Å². The topological polar surface area (TPSA) is 94.7 Å². The summed E-state index contributed by atoms with van der Waals surface area (Å²) in [6.07, 6.45) is 0.834. The molecule has 8 nitrogen and oxygen atoms in total. The summed E-state index contributed by atoms with van der Waals surface area (Å²) in [7, 11) is 0. The van der Waals surface area contributed by atoms with E-state index in [2.05, 4.69) is 10.3 Å². The highest BCUT2D eigenvalue weighted by Gasteiger charge is 2.17. The third-order valence-corrected chi connectivity index (χ3v) is 6.03. The van der Waals surface area contributed by atoms with Gasteiger partial charge in [0.15, 0.2) is 5.16 Å². The summed E-state index contributed by atoms with van der Waals surface area (Å²) in [6.45, 7) is 8.47. The first-order valence-corrected chi connectivity index (χ1v) is 11.3. The Hall–Kier alpha value is -2.23. The number of amides is 2. The van der Waals surface area contributed by atoms with Gasteiger partial charge in [-0.2, -0.15) is 0 Å². The molecule has 0 bridgehead atoms. The number of thioether (sulfide) groups is 1. The first kappa shape index (κ1) is 22.5. The second kappa shape index (κ2) is 10.7. The number of rotatable bonds is 8. The van der Waals surface area contributed by atoms with Crippen molar-refractivity contribution in [3.8, 4) is 0 Å². The third kappa shape index (κ3) is 5.90. The zero-order valence-corrected chi connectivity index (χ0v) is 18.3. The van der Waals surface area contributed by atoms with Crippen LogP contribution in [-0.4, -0.2) is 60.0 Å². The Morgan fingerprint density at radius 3 is 2.73 bits per heavy atom. The van der Waals surface area contributed by atoms with Crippen molar-refractivity contribution in [2.24, 2.45) is 5.92 Å². The highest BCUT2D eigenvalue weighted by molar-refractivity contribution is 7.99. The number of aromatic nitrogens is 2. The van der Waals surface area contributed by atoms with E-state index >= 15 is 0 Å². The van der Waals surface area contributed by atoms with Gasteiger partial charge in [0.25, 0.3) is 5.56 Å². The van der Waals surface area contributed by atoms with Crippen LogP contribution in [0.4, 0.5) is 0 Å². The van der Waals surface area contributed by atoms with Crippen molar-refractivity contribution in [3.63, 3.8) is 0 Å². The predicted octanol–water partition coefficient (Wildman–Crippen LogP) is 0.0926. The molecule has 3 rings (SSSR count). The molecule has 0 spiro atoms. The van der Waals surface area contributed by atoms with Crippen molar-refractivity contribution < 1.29 is 19.2 Å². The fraction of sp³-hybridized carbons (Fsp3) is 0.524. The Balaban J connectivity index is 1.73. The maximum absolute atomic E-state index is 13.1. The summed E-state index contributed by atoms with van der Waals surface area (Å²) in [5.74, 6) is -0.931. The molecule has 0 radical (unpaired) electrons. The number of nitrogens with zero attached hydrogens (tertiary/aromatic N) is 2. The number of ether oxygens (including phenoxy) is 1. The molecule has 1 saturated heterocycles. The van der Waals surface area contributed by atoms with Crippen LogP contribution >= 0.6 is 11.8 Å². The van der Waals surface area contributed by atoms with E-state index in [-0.39, 0.29) is 29.0 Å². The Morgan fingerprint density at radius 1 is 1.27 bits per heavy atom. The first-order valence-electron chi connectivity index (χ1n) is 10.3. The molecule has 0 unspecified atom stereocenters. The molecule has 2 N–H and O–H groups in total. The average Bonchev–Trinajstić information content (AvgIpc) is 2.74. The van der Waals surface area contributed by atoms with Crippen LogP contribution in [0.25, 0.3) is 10.9 Å². The highest BCUT2D eigenvalue weighted by Crippen LogP contribution is 2.18. The summed E-state index contributed by atoms with van der Waals surface area (Å²) in [5, 5.41) is 3.45. The van der Waals surface area contributed by atoms with Gasteiger partial charge in [-0.25, -0.2) is 4.98 Å². The van der Waals surface area contributed by atoms with Gasteiger partial charge in [0, 0.05) is 18.9 Å². The summed E-state index contributed by atoms with van der Waals surface area (Å²) >= 11 is 1.18. The Labute approximate surface area is 180 Å². The molecular weight excluding hydrogens is 404 g/mol. The number of hydrogen-bond acceptors (Lipinski definition) is 6. The van der Waals surface area contributed by atoms with Crippen LogP contribution < -0.4 is 15.8 Å². The number of carbonyl (C=O) groups excluding carboxylic acids is 2. The van der Waals surface area contributed by atoms with Crippen molar-refractivity contribution in [2.45, 2.75) is 32.0 Å². The van der Waals surface area contributed by atoms with E-state index in [1.165, 1.54) is 16.7 Å². The molecule has 0 saturated carbocycles. The van der Waals surface area contributed by atoms with Gasteiger partial charge < -0.3 is 9.64 Å². The van der Waals surface area contributed by atoms with Gasteiger partial charge in [0.2, 0.25) is 11.8 Å². The van der Waals surface area contributed by atoms with E-state index < -0.39 is 0 Å². The van der Waals surface area contributed by atoms with Gasteiger partial charge in [0.1, 0.15) is 13.1 Å². The lowest BCUT2D eigenvalue weighted by atomic mass is 10.2. The lowest BCUT2D eigenvalue weighted by Crippen LogP contribution is -3.14. The first-order chi connectivity index (χ1) is 14.5. The van der Waals surface area contributed by atoms with Gasteiger partial charge in [-0.3, -0.25) is 24.3 Å². The number of hydrogen-bond donors (Lipinski definition) is 2. The van der Waals surface area contributed by atoms with E-state index in [0.717, 1.165) is 39.3 Å². The van der Waals surface area contributed by atoms with Crippen LogP contribution in [0.3, 0.4) is 0 Å². The minimum Gasteiger partial charge on any atom is -0.370 e. The van der Waals surface area contributed by atoms with Gasteiger partial charge in [-0.05, 0) is 12.1 Å². The average molecular weight is 434 g/mol.